The van der Waals surface area contributed by atoms with Crippen molar-refractivity contribution < 1.29 is 9.32 Å². The zero-order chi connectivity index (χ0) is 27.1. The van der Waals surface area contributed by atoms with Gasteiger partial charge in [-0.05, 0) is 25.0 Å². The van der Waals surface area contributed by atoms with Gasteiger partial charge in [0.2, 0.25) is 0 Å². The van der Waals surface area contributed by atoms with Crippen molar-refractivity contribution in [2.75, 3.05) is 5.73 Å². The number of nitrogen functional groups attached to an aromatic ring is 1. The lowest BCUT2D eigenvalue weighted by atomic mass is 10.2. The molecule has 0 aliphatic heterocycles. The standard InChI is InChI=1S/C26H20N10O3/c1-15(31-24(37)20-21(27)29-14-35-11-10-28-23(20)35)22-32-25-19(26(38)36(22)17-6-4-3-5-7-17)18(33-39-25)9-8-16-12-30-34(2)13-16/h3-7,10-15H,27H2,1-2H3,(H,31,37)/t15-/m1/s1. The average Bonchev–Trinajstić information content (AvgIpc) is 3.67. The van der Waals surface area contributed by atoms with Gasteiger partial charge in [-0.3, -0.25) is 23.2 Å². The van der Waals surface area contributed by atoms with E-state index in [9.17, 15) is 9.59 Å². The first-order valence-electron chi connectivity index (χ1n) is 11.8. The normalized spacial score (nSPS) is 11.8. The minimum atomic E-state index is -0.764. The predicted octanol–water partition coefficient (Wildman–Crippen LogP) is 1.62. The fourth-order valence-electron chi connectivity index (χ4n) is 4.19. The minimum absolute atomic E-state index is 0.00435. The van der Waals surface area contributed by atoms with Crippen LogP contribution in [0.2, 0.25) is 0 Å². The number of anilines is 1. The van der Waals surface area contributed by atoms with Crippen molar-refractivity contribution >= 4 is 28.5 Å². The molecule has 39 heavy (non-hydrogen) atoms. The number of benzene rings is 1. The number of rotatable bonds is 4. The van der Waals surface area contributed by atoms with Crippen LogP contribution in [0.25, 0.3) is 22.4 Å². The molecule has 0 saturated carbocycles. The van der Waals surface area contributed by atoms with Crippen molar-refractivity contribution in [1.82, 2.24) is 44.2 Å². The number of carbonyl (C=O) groups is 1. The fraction of sp³-hybridized carbons (Fsp3) is 0.115. The third kappa shape index (κ3) is 4.15. The molecule has 0 aliphatic rings. The van der Waals surface area contributed by atoms with Crippen LogP contribution in [0.1, 0.15) is 40.4 Å². The highest BCUT2D eigenvalue weighted by atomic mass is 16.5. The number of carbonyl (C=O) groups excluding carboxylic acids is 1. The summed E-state index contributed by atoms with van der Waals surface area (Å²) in [5, 5.41) is 11.1. The molecule has 0 aliphatic carbocycles. The number of nitrogens with one attached hydrogen (secondary N) is 1. The molecule has 0 unspecified atom stereocenters. The Labute approximate surface area is 219 Å². The van der Waals surface area contributed by atoms with Gasteiger partial charge in [0.25, 0.3) is 17.2 Å². The van der Waals surface area contributed by atoms with Crippen LogP contribution in [0.5, 0.6) is 0 Å². The molecule has 1 atom stereocenters. The summed E-state index contributed by atoms with van der Waals surface area (Å²) in [5.74, 6) is 5.52. The second-order valence-corrected chi connectivity index (χ2v) is 8.67. The number of amides is 1. The van der Waals surface area contributed by atoms with Gasteiger partial charge in [0.05, 0.1) is 23.5 Å². The van der Waals surface area contributed by atoms with Crippen molar-refractivity contribution in [2.24, 2.45) is 7.05 Å². The van der Waals surface area contributed by atoms with E-state index in [1.807, 2.05) is 6.07 Å². The molecule has 0 bridgehead atoms. The first kappa shape index (κ1) is 23.6. The molecule has 6 aromatic rings. The van der Waals surface area contributed by atoms with Crippen molar-refractivity contribution in [2.45, 2.75) is 13.0 Å². The Morgan fingerprint density at radius 3 is 2.77 bits per heavy atom. The first-order valence-corrected chi connectivity index (χ1v) is 11.8. The molecule has 0 radical (unpaired) electrons. The summed E-state index contributed by atoms with van der Waals surface area (Å²) in [6.45, 7) is 1.69. The predicted molar refractivity (Wildman–Crippen MR) is 140 cm³/mol. The van der Waals surface area contributed by atoms with Crippen LogP contribution in [0.15, 0.2) is 70.8 Å². The second kappa shape index (κ2) is 9.27. The number of imidazole rings is 1. The van der Waals surface area contributed by atoms with E-state index in [-0.39, 0.29) is 34.0 Å². The highest BCUT2D eigenvalue weighted by molar-refractivity contribution is 6.04. The molecule has 0 spiro atoms. The topological polar surface area (TPSA) is 164 Å². The molecule has 5 aromatic heterocycles. The molecule has 1 aromatic carbocycles. The first-order chi connectivity index (χ1) is 18.9. The zero-order valence-electron chi connectivity index (χ0n) is 20.7. The Morgan fingerprint density at radius 1 is 1.18 bits per heavy atom. The van der Waals surface area contributed by atoms with Crippen molar-refractivity contribution in [3.63, 3.8) is 0 Å². The summed E-state index contributed by atoms with van der Waals surface area (Å²) >= 11 is 0. The lowest BCUT2D eigenvalue weighted by Gasteiger charge is -2.19. The summed E-state index contributed by atoms with van der Waals surface area (Å²) < 4.78 is 10.0. The minimum Gasteiger partial charge on any atom is -0.383 e. The Kier molecular flexibility index (Phi) is 5.61. The quantitative estimate of drug-likeness (QED) is 0.329. The van der Waals surface area contributed by atoms with E-state index in [1.165, 1.54) is 17.1 Å². The van der Waals surface area contributed by atoms with E-state index < -0.39 is 17.5 Å². The van der Waals surface area contributed by atoms with Crippen LogP contribution >= 0.6 is 0 Å². The van der Waals surface area contributed by atoms with Crippen molar-refractivity contribution in [1.29, 1.82) is 0 Å². The lowest BCUT2D eigenvalue weighted by Crippen LogP contribution is -2.34. The smallest absolute Gasteiger partial charge is 0.272 e. The maximum Gasteiger partial charge on any atom is 0.272 e. The van der Waals surface area contributed by atoms with Crippen LogP contribution in [-0.4, -0.2) is 44.8 Å². The van der Waals surface area contributed by atoms with Gasteiger partial charge in [0.1, 0.15) is 28.9 Å². The van der Waals surface area contributed by atoms with Gasteiger partial charge in [0, 0.05) is 25.6 Å². The molecule has 3 N–H and O–H groups in total. The molecule has 13 heteroatoms. The summed E-state index contributed by atoms with van der Waals surface area (Å²) in [7, 11) is 1.78. The van der Waals surface area contributed by atoms with Crippen LogP contribution in [0, 0.1) is 11.8 Å². The van der Waals surface area contributed by atoms with E-state index in [0.717, 1.165) is 0 Å². The molecular weight excluding hydrogens is 500 g/mol. The van der Waals surface area contributed by atoms with Gasteiger partial charge < -0.3 is 15.6 Å². The summed E-state index contributed by atoms with van der Waals surface area (Å²) in [5.41, 5.74) is 7.36. The Bertz CT molecular complexity index is 1990. The fourth-order valence-corrected chi connectivity index (χ4v) is 4.19. The molecule has 192 valence electrons. The highest BCUT2D eigenvalue weighted by Gasteiger charge is 2.25. The lowest BCUT2D eigenvalue weighted by molar-refractivity contribution is 0.0939. The Balaban J connectivity index is 1.46. The highest BCUT2D eigenvalue weighted by Crippen LogP contribution is 2.21. The number of nitrogens with zero attached hydrogens (tertiary/aromatic N) is 8. The van der Waals surface area contributed by atoms with E-state index in [0.29, 0.717) is 16.9 Å². The maximum absolute atomic E-state index is 13.9. The number of aromatic nitrogens is 8. The van der Waals surface area contributed by atoms with Crippen LogP contribution in [0.3, 0.4) is 0 Å². The molecule has 0 saturated heterocycles. The van der Waals surface area contributed by atoms with Gasteiger partial charge in [-0.2, -0.15) is 10.1 Å². The largest absolute Gasteiger partial charge is 0.383 e. The molecule has 0 fully saturated rings. The second-order valence-electron chi connectivity index (χ2n) is 8.67. The van der Waals surface area contributed by atoms with E-state index in [2.05, 4.69) is 42.4 Å². The van der Waals surface area contributed by atoms with Gasteiger partial charge in [0.15, 0.2) is 11.3 Å². The van der Waals surface area contributed by atoms with Gasteiger partial charge in [-0.15, -0.1) is 0 Å². The molecule has 13 nitrogen and oxygen atoms in total. The molecular formula is C26H20N10O3. The van der Waals surface area contributed by atoms with Crippen molar-refractivity contribution in [3.8, 4) is 17.5 Å². The van der Waals surface area contributed by atoms with E-state index >= 15 is 0 Å². The molecule has 5 heterocycles. The number of para-hydroxylation sites is 1. The van der Waals surface area contributed by atoms with Crippen LogP contribution < -0.4 is 16.6 Å². The molecule has 6 rings (SSSR count). The number of fused-ring (bicyclic) bond motifs is 2. The summed E-state index contributed by atoms with van der Waals surface area (Å²) in [6.07, 6.45) is 8.01. The third-order valence-electron chi connectivity index (χ3n) is 6.01. The third-order valence-corrected chi connectivity index (χ3v) is 6.01. The number of nitrogens with two attached hydrogens (primary N) is 1. The van der Waals surface area contributed by atoms with Crippen LogP contribution in [0.4, 0.5) is 5.82 Å². The van der Waals surface area contributed by atoms with E-state index in [4.69, 9.17) is 10.3 Å². The van der Waals surface area contributed by atoms with Gasteiger partial charge in [-0.25, -0.2) is 9.97 Å². The molecule has 1 amide bonds. The Morgan fingerprint density at radius 2 is 2.00 bits per heavy atom. The summed E-state index contributed by atoms with van der Waals surface area (Å²) in [6, 6.07) is 8.17. The monoisotopic (exact) mass is 520 g/mol. The maximum atomic E-state index is 13.9. The number of hydrogen-bond acceptors (Lipinski definition) is 9. The van der Waals surface area contributed by atoms with Crippen molar-refractivity contribution in [3.05, 3.63) is 94.4 Å². The van der Waals surface area contributed by atoms with E-state index in [1.54, 1.807) is 65.9 Å². The van der Waals surface area contributed by atoms with Gasteiger partial charge in [-0.1, -0.05) is 29.3 Å². The number of aryl methyl sites for hydroxylation is 1. The zero-order valence-corrected chi connectivity index (χ0v) is 20.7. The SMILES string of the molecule is C[C@@H](NC(=O)c1c(N)ncn2ccnc12)c1nc2onc(C#Cc3cnn(C)c3)c2c(=O)n1-c1ccccc1. The average molecular weight is 521 g/mol. The summed E-state index contributed by atoms with van der Waals surface area (Å²) in [4.78, 5) is 40.1. The van der Waals surface area contributed by atoms with Gasteiger partial charge >= 0.3 is 0 Å². The number of hydrogen-bond donors (Lipinski definition) is 2. The van der Waals surface area contributed by atoms with Crippen LogP contribution in [-0.2, 0) is 7.05 Å². The Hall–Kier alpha value is -5.77.